The van der Waals surface area contributed by atoms with Crippen molar-refractivity contribution in [3.63, 3.8) is 0 Å². The topological polar surface area (TPSA) is 103 Å². The molecule has 0 saturated heterocycles. The van der Waals surface area contributed by atoms with E-state index >= 15 is 0 Å². The van der Waals surface area contributed by atoms with Crippen molar-refractivity contribution >= 4 is 34.6 Å². The molecule has 0 bridgehead atoms. The molecule has 2 rings (SSSR count). The lowest BCUT2D eigenvalue weighted by atomic mass is 9.91. The molecule has 0 aromatic heterocycles. The summed E-state index contributed by atoms with van der Waals surface area (Å²) < 4.78 is 0. The highest BCUT2D eigenvalue weighted by atomic mass is 32.1. The van der Waals surface area contributed by atoms with Crippen molar-refractivity contribution < 1.29 is 4.79 Å². The molecule has 0 heterocycles. The minimum absolute atomic E-state index is 0.0159. The van der Waals surface area contributed by atoms with Crippen LogP contribution in [-0.2, 0) is 4.79 Å². The molecule has 4 N–H and O–H groups in total. The Hall–Kier alpha value is -3.24. The second-order valence-electron chi connectivity index (χ2n) is 6.14. The number of nitrogens with one attached hydrogen (secondary N) is 2. The Bertz CT molecular complexity index is 946. The molecule has 0 aliphatic carbocycles. The Morgan fingerprint density at radius 3 is 2.44 bits per heavy atom. The van der Waals surface area contributed by atoms with Crippen molar-refractivity contribution in [1.29, 1.82) is 5.26 Å². The number of hydrazone groups is 1. The van der Waals surface area contributed by atoms with Crippen molar-refractivity contribution in [3.05, 3.63) is 64.7 Å². The highest BCUT2D eigenvalue weighted by Gasteiger charge is 2.26. The van der Waals surface area contributed by atoms with Gasteiger partial charge in [-0.15, -0.1) is 0 Å². The van der Waals surface area contributed by atoms with Crippen LogP contribution in [0.15, 0.2) is 47.6 Å². The predicted octanol–water partition coefficient (Wildman–Crippen LogP) is 3.05. The maximum absolute atomic E-state index is 12.9. The van der Waals surface area contributed by atoms with Gasteiger partial charge in [-0.2, -0.15) is 10.4 Å². The summed E-state index contributed by atoms with van der Waals surface area (Å²) in [5.74, 6) is -1.38. The summed E-state index contributed by atoms with van der Waals surface area (Å²) in [6, 6.07) is 15.1. The number of amides is 1. The third-order valence-electron chi connectivity index (χ3n) is 4.19. The van der Waals surface area contributed by atoms with Crippen molar-refractivity contribution in [1.82, 2.24) is 5.43 Å². The summed E-state index contributed by atoms with van der Waals surface area (Å²) in [5.41, 5.74) is 12.2. The van der Waals surface area contributed by atoms with E-state index in [1.54, 1.807) is 12.1 Å². The number of nitrogens with zero attached hydrogens (tertiary/aromatic N) is 2. The van der Waals surface area contributed by atoms with Gasteiger partial charge in [0.2, 0.25) is 0 Å². The molecule has 138 valence electrons. The first-order valence-electron chi connectivity index (χ1n) is 8.30. The van der Waals surface area contributed by atoms with Crippen LogP contribution in [0.5, 0.6) is 0 Å². The number of carbonyl (C=O) groups is 1. The highest BCUT2D eigenvalue weighted by Crippen LogP contribution is 2.22. The van der Waals surface area contributed by atoms with E-state index in [1.165, 1.54) is 0 Å². The fourth-order valence-corrected chi connectivity index (χ4v) is 2.61. The van der Waals surface area contributed by atoms with Crippen LogP contribution in [-0.4, -0.2) is 16.7 Å². The summed E-state index contributed by atoms with van der Waals surface area (Å²) in [4.78, 5) is 12.9. The fourth-order valence-electron chi connectivity index (χ4n) is 2.56. The van der Waals surface area contributed by atoms with Crippen molar-refractivity contribution in [2.24, 2.45) is 10.8 Å². The Kier molecular flexibility index (Phi) is 6.63. The van der Waals surface area contributed by atoms with E-state index in [2.05, 4.69) is 21.9 Å². The molecule has 0 fully saturated rings. The molecular weight excluding hydrogens is 358 g/mol. The Balaban J connectivity index is 2.41. The lowest BCUT2D eigenvalue weighted by molar-refractivity contribution is -0.110. The van der Waals surface area contributed by atoms with Crippen LogP contribution < -0.4 is 16.5 Å². The van der Waals surface area contributed by atoms with E-state index in [9.17, 15) is 10.1 Å². The molecule has 1 unspecified atom stereocenters. The average Bonchev–Trinajstić information content (AvgIpc) is 2.62. The van der Waals surface area contributed by atoms with Gasteiger partial charge >= 0.3 is 0 Å². The molecule has 0 spiro atoms. The molecule has 2 aromatic rings. The van der Waals surface area contributed by atoms with Crippen LogP contribution in [0.2, 0.25) is 0 Å². The fraction of sp³-hybridized carbons (Fsp3) is 0.200. The normalized spacial score (nSPS) is 12.0. The molecule has 0 aliphatic rings. The maximum atomic E-state index is 12.9. The number of thiocarbonyl (C=S) groups is 1. The van der Waals surface area contributed by atoms with E-state index in [0.29, 0.717) is 11.3 Å². The molecule has 6 nitrogen and oxygen atoms in total. The van der Waals surface area contributed by atoms with Gasteiger partial charge in [-0.05, 0) is 67.4 Å². The zero-order valence-electron chi connectivity index (χ0n) is 15.4. The first-order chi connectivity index (χ1) is 12.8. The number of benzene rings is 2. The number of hydrogen-bond acceptors (Lipinski definition) is 4. The van der Waals surface area contributed by atoms with Gasteiger partial charge in [-0.1, -0.05) is 30.3 Å². The second-order valence-corrected chi connectivity index (χ2v) is 6.58. The second kappa shape index (κ2) is 8.92. The van der Waals surface area contributed by atoms with Gasteiger partial charge in [-0.3, -0.25) is 10.2 Å². The number of aryl methyl sites for hydroxylation is 3. The smallest absolute Gasteiger partial charge is 0.273 e. The van der Waals surface area contributed by atoms with E-state index in [4.69, 9.17) is 18.0 Å². The zero-order chi connectivity index (χ0) is 20.0. The van der Waals surface area contributed by atoms with Crippen molar-refractivity contribution in [2.45, 2.75) is 26.7 Å². The molecule has 27 heavy (non-hydrogen) atoms. The Morgan fingerprint density at radius 1 is 1.15 bits per heavy atom. The van der Waals surface area contributed by atoms with Crippen LogP contribution in [0.3, 0.4) is 0 Å². The van der Waals surface area contributed by atoms with E-state index in [1.807, 2.05) is 51.1 Å². The lowest BCUT2D eigenvalue weighted by Crippen LogP contribution is -2.33. The van der Waals surface area contributed by atoms with Gasteiger partial charge in [-0.25, -0.2) is 0 Å². The molecule has 0 saturated carbocycles. The van der Waals surface area contributed by atoms with Crippen LogP contribution in [0.4, 0.5) is 5.69 Å². The summed E-state index contributed by atoms with van der Waals surface area (Å²) in [7, 11) is 0. The minimum atomic E-state index is -0.875. The number of carbonyl (C=O) groups excluding carboxylic acids is 1. The van der Waals surface area contributed by atoms with Gasteiger partial charge in [0, 0.05) is 5.69 Å². The molecule has 2 aromatic carbocycles. The summed E-state index contributed by atoms with van der Waals surface area (Å²) in [6.07, 6.45) is 0. The van der Waals surface area contributed by atoms with Crippen LogP contribution in [0, 0.1) is 32.1 Å². The minimum Gasteiger partial charge on any atom is -0.375 e. The molecule has 1 amide bonds. The number of nitriles is 1. The van der Waals surface area contributed by atoms with Crippen LogP contribution in [0.1, 0.15) is 28.2 Å². The van der Waals surface area contributed by atoms with Gasteiger partial charge in [0.05, 0.1) is 6.07 Å². The van der Waals surface area contributed by atoms with Crippen molar-refractivity contribution in [3.8, 4) is 6.07 Å². The van der Waals surface area contributed by atoms with Gasteiger partial charge in [0.15, 0.2) is 5.11 Å². The Morgan fingerprint density at radius 2 is 1.85 bits per heavy atom. The third kappa shape index (κ3) is 5.12. The largest absolute Gasteiger partial charge is 0.375 e. The summed E-state index contributed by atoms with van der Waals surface area (Å²) in [6.45, 7) is 5.82. The number of nitrogens with two attached hydrogens (primary N) is 1. The van der Waals surface area contributed by atoms with Crippen LogP contribution in [0.25, 0.3) is 0 Å². The lowest BCUT2D eigenvalue weighted by Gasteiger charge is -2.16. The molecule has 0 radical (unpaired) electrons. The van der Waals surface area contributed by atoms with E-state index in [0.717, 1.165) is 16.7 Å². The number of anilines is 1. The summed E-state index contributed by atoms with van der Waals surface area (Å²) in [5, 5.41) is 16.4. The standard InChI is InChI=1S/C20H21N5OS/c1-12-8-9-15(10-14(12)3)23-19(26)18(24-25-20(22)27)17(11-21)16-7-5-4-6-13(16)2/h4-10,17H,1-3H3,(H,23,26)(H3,22,25,27)/b24-18-. The summed E-state index contributed by atoms with van der Waals surface area (Å²) >= 11 is 4.77. The number of hydrogen-bond donors (Lipinski definition) is 3. The quantitative estimate of drug-likeness (QED) is 0.421. The molecular formula is C20H21N5OS. The first-order valence-corrected chi connectivity index (χ1v) is 8.71. The monoisotopic (exact) mass is 379 g/mol. The predicted molar refractivity (Wildman–Crippen MR) is 111 cm³/mol. The van der Waals surface area contributed by atoms with E-state index in [-0.39, 0.29) is 10.8 Å². The zero-order valence-corrected chi connectivity index (χ0v) is 16.2. The molecule has 7 heteroatoms. The Labute approximate surface area is 164 Å². The molecule has 1 atom stereocenters. The molecule has 0 aliphatic heterocycles. The number of rotatable bonds is 5. The van der Waals surface area contributed by atoms with E-state index < -0.39 is 11.8 Å². The average molecular weight is 379 g/mol. The first kappa shape index (κ1) is 20.1. The van der Waals surface area contributed by atoms with Gasteiger partial charge < -0.3 is 11.1 Å². The third-order valence-corrected chi connectivity index (χ3v) is 4.28. The van der Waals surface area contributed by atoms with Crippen LogP contribution >= 0.6 is 12.2 Å². The SMILES string of the molecule is Cc1ccc(NC(=O)/C(=N\NC(N)=S)C(C#N)c2ccccc2C)cc1C. The van der Waals surface area contributed by atoms with Crippen molar-refractivity contribution in [2.75, 3.05) is 5.32 Å². The van der Waals surface area contributed by atoms with Gasteiger partial charge in [0.1, 0.15) is 11.6 Å². The maximum Gasteiger partial charge on any atom is 0.273 e. The van der Waals surface area contributed by atoms with Gasteiger partial charge in [0.25, 0.3) is 5.91 Å². The highest BCUT2D eigenvalue weighted by molar-refractivity contribution is 7.80.